The molecule has 1 saturated carbocycles. The van der Waals surface area contributed by atoms with Crippen LogP contribution < -0.4 is 19.3 Å². The molecule has 5 aliphatic rings. The van der Waals surface area contributed by atoms with Gasteiger partial charge in [-0.15, -0.1) is 0 Å². The van der Waals surface area contributed by atoms with Crippen molar-refractivity contribution < 1.29 is 28.7 Å². The number of carbonyl (C=O) groups is 4. The van der Waals surface area contributed by atoms with Gasteiger partial charge in [-0.3, -0.25) is 19.2 Å². The highest BCUT2D eigenvalue weighted by molar-refractivity contribution is 6.27. The standard InChI is InChI=1S/C30H30N2O6/c1-5-37-20-13-9-7-11-18(20)31-26(33)22-17-15-16(3)30(4,24(22)28(31)35)25-23(17)27(34)32(29(25)36)19-12-8-10-14-21(19)38-6-2/h7-15,17,22-25H,5-6H2,1-4H3. The number of nitrogens with zero attached hydrogens (tertiary/aromatic N) is 2. The molecule has 2 aromatic rings. The van der Waals surface area contributed by atoms with Crippen LogP contribution in [0.1, 0.15) is 27.7 Å². The van der Waals surface area contributed by atoms with E-state index in [1.807, 2.05) is 33.8 Å². The van der Waals surface area contributed by atoms with Crippen LogP contribution in [0.5, 0.6) is 11.5 Å². The third-order valence-electron chi connectivity index (χ3n) is 8.93. The first-order valence-electron chi connectivity index (χ1n) is 13.2. The molecule has 0 radical (unpaired) electrons. The molecule has 4 amide bonds. The minimum atomic E-state index is -0.992. The molecule has 0 spiro atoms. The van der Waals surface area contributed by atoms with E-state index in [1.54, 1.807) is 48.5 Å². The van der Waals surface area contributed by atoms with Gasteiger partial charge in [-0.2, -0.15) is 0 Å². The monoisotopic (exact) mass is 514 g/mol. The van der Waals surface area contributed by atoms with Gasteiger partial charge in [0.05, 0.1) is 48.3 Å². The molecule has 3 aliphatic carbocycles. The molecule has 8 heteroatoms. The van der Waals surface area contributed by atoms with Crippen molar-refractivity contribution in [3.8, 4) is 11.5 Å². The van der Waals surface area contributed by atoms with Crippen LogP contribution in [0, 0.1) is 35.0 Å². The third kappa shape index (κ3) is 2.97. The molecule has 2 saturated heterocycles. The van der Waals surface area contributed by atoms with Gasteiger partial charge < -0.3 is 9.47 Å². The molecule has 38 heavy (non-hydrogen) atoms. The summed E-state index contributed by atoms with van der Waals surface area (Å²) in [6, 6.07) is 14.0. The summed E-state index contributed by atoms with van der Waals surface area (Å²) < 4.78 is 11.5. The summed E-state index contributed by atoms with van der Waals surface area (Å²) in [5.74, 6) is -4.02. The molecule has 4 atom stereocenters. The SMILES string of the molecule is CCOc1ccccc1N1C(=O)C2C3C=C(C)C(C)(C2C1=O)C1C(=O)N(c2ccccc2OCC)C(=O)C31. The second-order valence-corrected chi connectivity index (χ2v) is 10.5. The van der Waals surface area contributed by atoms with Crippen LogP contribution in [0.3, 0.4) is 0 Å². The second-order valence-electron chi connectivity index (χ2n) is 10.5. The Hall–Kier alpha value is -3.94. The summed E-state index contributed by atoms with van der Waals surface area (Å²) in [6.45, 7) is 8.22. The highest BCUT2D eigenvalue weighted by atomic mass is 16.5. The number of hydrogen-bond donors (Lipinski definition) is 0. The number of allylic oxidation sites excluding steroid dienone is 2. The molecule has 2 heterocycles. The van der Waals surface area contributed by atoms with Gasteiger partial charge in [-0.1, -0.05) is 42.8 Å². The third-order valence-corrected chi connectivity index (χ3v) is 8.93. The maximum atomic E-state index is 14.1. The summed E-state index contributed by atoms with van der Waals surface area (Å²) in [7, 11) is 0. The molecule has 2 aromatic carbocycles. The highest BCUT2D eigenvalue weighted by Gasteiger charge is 2.74. The molecule has 8 nitrogen and oxygen atoms in total. The van der Waals surface area contributed by atoms with Gasteiger partial charge >= 0.3 is 0 Å². The molecule has 0 N–H and O–H groups in total. The predicted octanol–water partition coefficient (Wildman–Crippen LogP) is 3.99. The zero-order chi connectivity index (χ0) is 26.9. The Morgan fingerprint density at radius 1 is 0.711 bits per heavy atom. The number of carbonyl (C=O) groups excluding carboxylic acids is 4. The van der Waals surface area contributed by atoms with Crippen LogP contribution in [0.25, 0.3) is 0 Å². The van der Waals surface area contributed by atoms with E-state index in [-0.39, 0.29) is 23.6 Å². The van der Waals surface area contributed by atoms with Crippen molar-refractivity contribution in [2.24, 2.45) is 35.0 Å². The van der Waals surface area contributed by atoms with E-state index in [0.717, 1.165) is 5.57 Å². The molecular formula is C30H30N2O6. The number of hydrogen-bond acceptors (Lipinski definition) is 6. The summed E-state index contributed by atoms with van der Waals surface area (Å²) >= 11 is 0. The number of rotatable bonds is 6. The molecule has 3 fully saturated rings. The zero-order valence-corrected chi connectivity index (χ0v) is 21.8. The minimum absolute atomic E-state index is 0.348. The van der Waals surface area contributed by atoms with E-state index in [2.05, 4.69) is 0 Å². The fourth-order valence-corrected chi connectivity index (χ4v) is 7.32. The number of amides is 4. The maximum absolute atomic E-state index is 14.1. The first-order chi connectivity index (χ1) is 18.3. The van der Waals surface area contributed by atoms with Crippen molar-refractivity contribution in [2.45, 2.75) is 27.7 Å². The van der Waals surface area contributed by atoms with Crippen molar-refractivity contribution in [3.05, 3.63) is 60.2 Å². The molecule has 0 aromatic heterocycles. The van der Waals surface area contributed by atoms with Crippen molar-refractivity contribution >= 4 is 35.0 Å². The smallest absolute Gasteiger partial charge is 0.238 e. The fourth-order valence-electron chi connectivity index (χ4n) is 7.32. The average Bonchev–Trinajstić information content (AvgIpc) is 3.33. The Labute approximate surface area is 221 Å². The number of anilines is 2. The molecular weight excluding hydrogens is 484 g/mol. The van der Waals surface area contributed by atoms with Gasteiger partial charge in [0, 0.05) is 11.3 Å². The first kappa shape index (κ1) is 24.4. The van der Waals surface area contributed by atoms with E-state index in [1.165, 1.54) is 9.80 Å². The van der Waals surface area contributed by atoms with Gasteiger partial charge in [0.15, 0.2) is 0 Å². The van der Waals surface area contributed by atoms with E-state index < -0.39 is 35.0 Å². The number of ether oxygens (including phenoxy) is 2. The molecule has 2 aliphatic heterocycles. The predicted molar refractivity (Wildman–Crippen MR) is 140 cm³/mol. The Bertz CT molecular complexity index is 1320. The average molecular weight is 515 g/mol. The summed E-state index contributed by atoms with van der Waals surface area (Å²) in [5, 5.41) is 0. The maximum Gasteiger partial charge on any atom is 0.238 e. The zero-order valence-electron chi connectivity index (χ0n) is 21.8. The lowest BCUT2D eigenvalue weighted by atomic mass is 9.45. The highest BCUT2D eigenvalue weighted by Crippen LogP contribution is 2.67. The van der Waals surface area contributed by atoms with Gasteiger partial charge in [-0.25, -0.2) is 9.80 Å². The van der Waals surface area contributed by atoms with Crippen LogP contribution in [-0.4, -0.2) is 36.8 Å². The Morgan fingerprint density at radius 2 is 1.13 bits per heavy atom. The number of imide groups is 2. The van der Waals surface area contributed by atoms with Crippen molar-refractivity contribution in [1.82, 2.24) is 0 Å². The van der Waals surface area contributed by atoms with Gasteiger partial charge in [0.25, 0.3) is 0 Å². The number of para-hydroxylation sites is 4. The lowest BCUT2D eigenvalue weighted by Gasteiger charge is -2.54. The van der Waals surface area contributed by atoms with E-state index in [0.29, 0.717) is 36.1 Å². The molecule has 196 valence electrons. The van der Waals surface area contributed by atoms with Crippen molar-refractivity contribution in [3.63, 3.8) is 0 Å². The van der Waals surface area contributed by atoms with Crippen molar-refractivity contribution in [1.29, 1.82) is 0 Å². The molecule has 2 bridgehead atoms. The largest absolute Gasteiger partial charge is 0.492 e. The van der Waals surface area contributed by atoms with Gasteiger partial charge in [-0.05, 0) is 45.0 Å². The Kier molecular flexibility index (Phi) is 5.49. The number of benzene rings is 2. The normalized spacial score (nSPS) is 31.5. The quantitative estimate of drug-likeness (QED) is 0.428. The molecule has 4 unspecified atom stereocenters. The summed E-state index contributed by atoms with van der Waals surface area (Å²) in [4.78, 5) is 58.7. The summed E-state index contributed by atoms with van der Waals surface area (Å²) in [5.41, 5.74) is 0.671. The van der Waals surface area contributed by atoms with Crippen LogP contribution in [0.15, 0.2) is 60.2 Å². The molecule has 7 rings (SSSR count). The van der Waals surface area contributed by atoms with Gasteiger partial charge in [0.2, 0.25) is 23.6 Å². The Balaban J connectivity index is 1.46. The van der Waals surface area contributed by atoms with Crippen molar-refractivity contribution in [2.75, 3.05) is 23.0 Å². The van der Waals surface area contributed by atoms with E-state index in [9.17, 15) is 19.2 Å². The first-order valence-corrected chi connectivity index (χ1v) is 13.2. The van der Waals surface area contributed by atoms with E-state index >= 15 is 0 Å². The van der Waals surface area contributed by atoms with E-state index in [4.69, 9.17) is 9.47 Å². The fraction of sp³-hybridized carbons (Fsp3) is 0.400. The summed E-state index contributed by atoms with van der Waals surface area (Å²) in [6.07, 6.45) is 1.95. The van der Waals surface area contributed by atoms with Gasteiger partial charge in [0.1, 0.15) is 11.5 Å². The Morgan fingerprint density at radius 3 is 1.55 bits per heavy atom. The van der Waals surface area contributed by atoms with Crippen LogP contribution in [0.4, 0.5) is 11.4 Å². The topological polar surface area (TPSA) is 93.2 Å². The lowest BCUT2D eigenvalue weighted by molar-refractivity contribution is -0.146. The minimum Gasteiger partial charge on any atom is -0.492 e. The lowest BCUT2D eigenvalue weighted by Crippen LogP contribution is -2.58. The van der Waals surface area contributed by atoms with Crippen LogP contribution >= 0.6 is 0 Å². The van der Waals surface area contributed by atoms with Crippen LogP contribution in [-0.2, 0) is 19.2 Å². The second kappa shape index (κ2) is 8.55. The van der Waals surface area contributed by atoms with Crippen LogP contribution in [0.2, 0.25) is 0 Å².